The van der Waals surface area contributed by atoms with Crippen molar-refractivity contribution in [2.75, 3.05) is 13.1 Å². The van der Waals surface area contributed by atoms with E-state index in [4.69, 9.17) is 5.26 Å². The van der Waals surface area contributed by atoms with Crippen LogP contribution in [0.3, 0.4) is 0 Å². The molecule has 16 heavy (non-hydrogen) atoms. The predicted molar refractivity (Wildman–Crippen MR) is 64.8 cm³/mol. The predicted octanol–water partition coefficient (Wildman–Crippen LogP) is 1.57. The number of hydrogen-bond acceptors (Lipinski definition) is 3. The summed E-state index contributed by atoms with van der Waals surface area (Å²) in [6.07, 6.45) is 3.43. The minimum Gasteiger partial charge on any atom is -0.354 e. The monoisotopic (exact) mass is 225 g/mol. The summed E-state index contributed by atoms with van der Waals surface area (Å²) >= 11 is 0. The van der Waals surface area contributed by atoms with Crippen molar-refractivity contribution >= 4 is 5.91 Å². The van der Waals surface area contributed by atoms with Crippen molar-refractivity contribution in [3.05, 3.63) is 0 Å². The summed E-state index contributed by atoms with van der Waals surface area (Å²) in [6, 6.07) is 1.99. The van der Waals surface area contributed by atoms with Gasteiger partial charge < -0.3 is 10.6 Å². The molecular formula is C12H23N3O. The number of rotatable bonds is 8. The van der Waals surface area contributed by atoms with E-state index in [2.05, 4.69) is 31.4 Å². The first-order valence-corrected chi connectivity index (χ1v) is 6.02. The molecule has 0 aliphatic rings. The van der Waals surface area contributed by atoms with E-state index in [9.17, 15) is 4.79 Å². The molecule has 0 heterocycles. The van der Waals surface area contributed by atoms with E-state index in [0.717, 1.165) is 19.3 Å². The Kier molecular flexibility index (Phi) is 7.57. The van der Waals surface area contributed by atoms with Gasteiger partial charge in [-0.25, -0.2) is 0 Å². The fraction of sp³-hybridized carbons (Fsp3) is 0.833. The summed E-state index contributed by atoms with van der Waals surface area (Å²) < 4.78 is 0. The Morgan fingerprint density at radius 2 is 1.81 bits per heavy atom. The second-order valence-electron chi connectivity index (χ2n) is 3.95. The van der Waals surface area contributed by atoms with Gasteiger partial charge in [-0.1, -0.05) is 20.8 Å². The number of nitriles is 1. The zero-order chi connectivity index (χ0) is 12.4. The lowest BCUT2D eigenvalue weighted by atomic mass is 9.90. The van der Waals surface area contributed by atoms with Crippen molar-refractivity contribution in [3.63, 3.8) is 0 Å². The van der Waals surface area contributed by atoms with Gasteiger partial charge >= 0.3 is 0 Å². The van der Waals surface area contributed by atoms with Gasteiger partial charge in [0.1, 0.15) is 0 Å². The lowest BCUT2D eigenvalue weighted by molar-refractivity contribution is -0.120. The summed E-state index contributed by atoms with van der Waals surface area (Å²) in [6.45, 7) is 7.17. The third-order valence-electron chi connectivity index (χ3n) is 3.21. The van der Waals surface area contributed by atoms with Crippen LogP contribution in [0.25, 0.3) is 0 Å². The van der Waals surface area contributed by atoms with Crippen molar-refractivity contribution < 1.29 is 4.79 Å². The van der Waals surface area contributed by atoms with Gasteiger partial charge in [0.05, 0.1) is 19.0 Å². The lowest BCUT2D eigenvalue weighted by Crippen LogP contribution is -2.48. The third kappa shape index (κ3) is 5.13. The number of hydrogen-bond donors (Lipinski definition) is 2. The summed E-state index contributed by atoms with van der Waals surface area (Å²) in [5, 5.41) is 14.4. The van der Waals surface area contributed by atoms with Crippen molar-refractivity contribution in [3.8, 4) is 6.07 Å². The molecule has 0 fully saturated rings. The number of carbonyl (C=O) groups excluding carboxylic acids is 1. The Balaban J connectivity index is 3.93. The fourth-order valence-corrected chi connectivity index (χ4v) is 1.71. The van der Waals surface area contributed by atoms with E-state index in [1.54, 1.807) is 0 Å². The number of nitrogens with zero attached hydrogens (tertiary/aromatic N) is 1. The molecule has 0 radical (unpaired) electrons. The van der Waals surface area contributed by atoms with Crippen LogP contribution in [-0.2, 0) is 4.79 Å². The number of amides is 1. The maximum Gasteiger partial charge on any atom is 0.234 e. The Morgan fingerprint density at radius 3 is 2.25 bits per heavy atom. The number of nitrogens with one attached hydrogen (secondary N) is 2. The molecule has 0 aromatic rings. The van der Waals surface area contributed by atoms with Gasteiger partial charge in [0.15, 0.2) is 0 Å². The van der Waals surface area contributed by atoms with Gasteiger partial charge in [0.2, 0.25) is 5.91 Å². The second-order valence-corrected chi connectivity index (χ2v) is 3.95. The van der Waals surface area contributed by atoms with Crippen LogP contribution in [0.1, 0.15) is 46.5 Å². The van der Waals surface area contributed by atoms with Gasteiger partial charge in [-0.05, 0) is 19.3 Å². The van der Waals surface area contributed by atoms with Gasteiger partial charge in [-0.3, -0.25) is 4.79 Å². The van der Waals surface area contributed by atoms with Crippen LogP contribution in [0.4, 0.5) is 0 Å². The first-order valence-electron chi connectivity index (χ1n) is 6.02. The Labute approximate surface area is 98.4 Å². The van der Waals surface area contributed by atoms with Crippen molar-refractivity contribution in [1.82, 2.24) is 10.6 Å². The van der Waals surface area contributed by atoms with Gasteiger partial charge in [0, 0.05) is 12.1 Å². The molecule has 0 saturated carbocycles. The minimum atomic E-state index is -0.0324. The molecule has 0 atom stereocenters. The quantitative estimate of drug-likeness (QED) is 0.616. The molecule has 1 amide bonds. The standard InChI is InChI=1S/C12H23N3O/c1-4-12(5-2,6-3)15-10-11(16)14-9-7-8-13/h15H,4-7,9-10H2,1-3H3,(H,14,16). The lowest BCUT2D eigenvalue weighted by Gasteiger charge is -2.31. The average molecular weight is 225 g/mol. The van der Waals surface area contributed by atoms with E-state index in [-0.39, 0.29) is 11.4 Å². The van der Waals surface area contributed by atoms with Crippen LogP contribution in [0, 0.1) is 11.3 Å². The highest BCUT2D eigenvalue weighted by atomic mass is 16.1. The topological polar surface area (TPSA) is 64.9 Å². The summed E-state index contributed by atoms with van der Waals surface area (Å²) in [4.78, 5) is 11.4. The Hall–Kier alpha value is -1.08. The number of carbonyl (C=O) groups is 1. The van der Waals surface area contributed by atoms with Gasteiger partial charge in [-0.15, -0.1) is 0 Å². The molecule has 0 bridgehead atoms. The molecule has 0 spiro atoms. The van der Waals surface area contributed by atoms with Crippen LogP contribution >= 0.6 is 0 Å². The van der Waals surface area contributed by atoms with Crippen LogP contribution in [-0.4, -0.2) is 24.5 Å². The SMILES string of the molecule is CCC(CC)(CC)NCC(=O)NCCC#N. The highest BCUT2D eigenvalue weighted by Gasteiger charge is 2.23. The normalized spacial score (nSPS) is 10.9. The van der Waals surface area contributed by atoms with Crippen LogP contribution in [0.2, 0.25) is 0 Å². The first-order chi connectivity index (χ1) is 7.64. The van der Waals surface area contributed by atoms with Crippen molar-refractivity contribution in [2.45, 2.75) is 52.0 Å². The van der Waals surface area contributed by atoms with E-state index < -0.39 is 0 Å². The highest BCUT2D eigenvalue weighted by Crippen LogP contribution is 2.18. The van der Waals surface area contributed by atoms with Crippen LogP contribution in [0.15, 0.2) is 0 Å². The molecular weight excluding hydrogens is 202 g/mol. The first kappa shape index (κ1) is 14.9. The van der Waals surface area contributed by atoms with E-state index >= 15 is 0 Å². The molecule has 0 saturated heterocycles. The average Bonchev–Trinajstić information content (AvgIpc) is 2.32. The molecule has 4 heteroatoms. The molecule has 2 N–H and O–H groups in total. The van der Waals surface area contributed by atoms with Crippen molar-refractivity contribution in [1.29, 1.82) is 5.26 Å². The van der Waals surface area contributed by atoms with Gasteiger partial charge in [0.25, 0.3) is 0 Å². The maximum absolute atomic E-state index is 11.4. The summed E-state index contributed by atoms with van der Waals surface area (Å²) in [5.41, 5.74) is 0.0760. The van der Waals surface area contributed by atoms with Crippen LogP contribution < -0.4 is 10.6 Å². The van der Waals surface area contributed by atoms with E-state index in [1.807, 2.05) is 6.07 Å². The summed E-state index contributed by atoms with van der Waals surface area (Å²) in [7, 11) is 0. The van der Waals surface area contributed by atoms with Crippen molar-refractivity contribution in [2.24, 2.45) is 0 Å². The highest BCUT2D eigenvalue weighted by molar-refractivity contribution is 5.78. The molecule has 0 unspecified atom stereocenters. The zero-order valence-electron chi connectivity index (χ0n) is 10.6. The zero-order valence-corrected chi connectivity index (χ0v) is 10.6. The second kappa shape index (κ2) is 8.12. The minimum absolute atomic E-state index is 0.0324. The maximum atomic E-state index is 11.4. The fourth-order valence-electron chi connectivity index (χ4n) is 1.71. The molecule has 0 aromatic heterocycles. The smallest absolute Gasteiger partial charge is 0.234 e. The molecule has 92 valence electrons. The third-order valence-corrected chi connectivity index (χ3v) is 3.21. The molecule has 0 aromatic carbocycles. The molecule has 4 nitrogen and oxygen atoms in total. The van der Waals surface area contributed by atoms with Crippen LogP contribution in [0.5, 0.6) is 0 Å². The largest absolute Gasteiger partial charge is 0.354 e. The van der Waals surface area contributed by atoms with E-state index in [0.29, 0.717) is 19.5 Å². The Morgan fingerprint density at radius 1 is 1.25 bits per heavy atom. The van der Waals surface area contributed by atoms with Gasteiger partial charge in [-0.2, -0.15) is 5.26 Å². The molecule has 0 aliphatic carbocycles. The molecule has 0 rings (SSSR count). The molecule has 0 aliphatic heterocycles. The summed E-state index contributed by atoms with van der Waals surface area (Å²) in [5.74, 6) is -0.0324. The van der Waals surface area contributed by atoms with E-state index in [1.165, 1.54) is 0 Å². The Bertz CT molecular complexity index is 233.